The number of carbonyl (C=O) groups is 2. The number of amides is 2. The number of methoxy groups -OCH3 is 1. The molecule has 2 aromatic rings. The van der Waals surface area contributed by atoms with Gasteiger partial charge in [0.05, 0.1) is 19.1 Å². The lowest BCUT2D eigenvalue weighted by atomic mass is 9.73. The predicted octanol–water partition coefficient (Wildman–Crippen LogP) is 1.41. The van der Waals surface area contributed by atoms with Crippen LogP contribution in [-0.4, -0.2) is 61.5 Å². The molecule has 0 atom stereocenters. The zero-order valence-electron chi connectivity index (χ0n) is 16.9. The van der Waals surface area contributed by atoms with Crippen LogP contribution in [0.25, 0.3) is 0 Å². The first-order valence-electron chi connectivity index (χ1n) is 9.86. The summed E-state index contributed by atoms with van der Waals surface area (Å²) in [5, 5.41) is 2.79. The van der Waals surface area contributed by atoms with Gasteiger partial charge in [0.2, 0.25) is 11.8 Å². The Morgan fingerprint density at radius 3 is 2.83 bits per heavy atom. The highest BCUT2D eigenvalue weighted by Crippen LogP contribution is 2.39. The summed E-state index contributed by atoms with van der Waals surface area (Å²) in [6.07, 6.45) is 2.41. The first-order chi connectivity index (χ1) is 14.0. The van der Waals surface area contributed by atoms with Gasteiger partial charge < -0.3 is 19.9 Å². The molecule has 1 aromatic heterocycles. The molecule has 2 saturated heterocycles. The second-order valence-corrected chi connectivity index (χ2v) is 7.90. The molecule has 2 aliphatic rings. The van der Waals surface area contributed by atoms with Crippen molar-refractivity contribution in [1.82, 2.24) is 15.2 Å². The SMILES string of the molecule is COc1cccc(CC2(C(=O)N3CCNC(=O)C3)CN(c3ccnc(C)c3)C2)c1. The Morgan fingerprint density at radius 1 is 1.28 bits per heavy atom. The summed E-state index contributed by atoms with van der Waals surface area (Å²) in [6, 6.07) is 11.9. The Morgan fingerprint density at radius 2 is 2.10 bits per heavy atom. The predicted molar refractivity (Wildman–Crippen MR) is 110 cm³/mol. The van der Waals surface area contributed by atoms with Crippen molar-refractivity contribution in [3.63, 3.8) is 0 Å². The molecule has 152 valence electrons. The largest absolute Gasteiger partial charge is 0.497 e. The van der Waals surface area contributed by atoms with Crippen LogP contribution in [0.15, 0.2) is 42.6 Å². The number of hydrogen-bond acceptors (Lipinski definition) is 5. The summed E-state index contributed by atoms with van der Waals surface area (Å²) < 4.78 is 5.35. The van der Waals surface area contributed by atoms with Crippen molar-refractivity contribution < 1.29 is 14.3 Å². The number of aryl methyl sites for hydroxylation is 1. The summed E-state index contributed by atoms with van der Waals surface area (Å²) in [5.74, 6) is 0.739. The number of pyridine rings is 1. The second-order valence-electron chi connectivity index (χ2n) is 7.90. The number of rotatable bonds is 5. The lowest BCUT2D eigenvalue weighted by Gasteiger charge is -2.52. The highest BCUT2D eigenvalue weighted by Gasteiger charge is 2.51. The van der Waals surface area contributed by atoms with E-state index in [0.717, 1.165) is 22.7 Å². The fraction of sp³-hybridized carbons (Fsp3) is 0.409. The molecule has 0 radical (unpaired) electrons. The zero-order chi connectivity index (χ0) is 20.4. The normalized spacial score (nSPS) is 18.1. The van der Waals surface area contributed by atoms with Crippen molar-refractivity contribution in [3.05, 3.63) is 53.9 Å². The Labute approximate surface area is 170 Å². The lowest BCUT2D eigenvalue weighted by molar-refractivity contribution is -0.148. The minimum atomic E-state index is -0.554. The molecule has 1 N–H and O–H groups in total. The molecule has 0 unspecified atom stereocenters. The highest BCUT2D eigenvalue weighted by atomic mass is 16.5. The molecule has 7 heteroatoms. The summed E-state index contributed by atoms with van der Waals surface area (Å²) in [7, 11) is 1.64. The van der Waals surface area contributed by atoms with Gasteiger partial charge in [-0.1, -0.05) is 12.1 Å². The molecule has 2 amide bonds. The molecule has 0 spiro atoms. The first-order valence-corrected chi connectivity index (χ1v) is 9.86. The van der Waals surface area contributed by atoms with Crippen LogP contribution in [0.1, 0.15) is 11.3 Å². The van der Waals surface area contributed by atoms with E-state index in [2.05, 4.69) is 15.2 Å². The third-order valence-corrected chi connectivity index (χ3v) is 5.69. The van der Waals surface area contributed by atoms with Crippen LogP contribution in [-0.2, 0) is 16.0 Å². The van der Waals surface area contributed by atoms with Crippen LogP contribution in [0.3, 0.4) is 0 Å². The van der Waals surface area contributed by atoms with E-state index >= 15 is 0 Å². The maximum Gasteiger partial charge on any atom is 0.239 e. The van der Waals surface area contributed by atoms with E-state index in [4.69, 9.17) is 4.74 Å². The van der Waals surface area contributed by atoms with Crippen molar-refractivity contribution in [3.8, 4) is 5.75 Å². The van der Waals surface area contributed by atoms with Gasteiger partial charge in [0.25, 0.3) is 0 Å². The number of piperazine rings is 1. The van der Waals surface area contributed by atoms with E-state index in [1.54, 1.807) is 18.2 Å². The summed E-state index contributed by atoms with van der Waals surface area (Å²) in [5.41, 5.74) is 2.53. The van der Waals surface area contributed by atoms with Crippen molar-refractivity contribution >= 4 is 17.5 Å². The standard InChI is InChI=1S/C22H26N4O3/c1-16-10-18(6-7-23-16)26-14-22(15-26,12-17-4-3-5-19(11-17)29-2)21(28)25-9-8-24-20(27)13-25/h3-7,10-11H,8-9,12-15H2,1-2H3,(H,24,27). The summed E-state index contributed by atoms with van der Waals surface area (Å²) >= 11 is 0. The monoisotopic (exact) mass is 394 g/mol. The molecule has 3 heterocycles. The van der Waals surface area contributed by atoms with Gasteiger partial charge in [0, 0.05) is 43.8 Å². The Hall–Kier alpha value is -3.09. The lowest BCUT2D eigenvalue weighted by Crippen LogP contribution is -2.67. The maximum absolute atomic E-state index is 13.5. The summed E-state index contributed by atoms with van der Waals surface area (Å²) in [4.78, 5) is 33.5. The van der Waals surface area contributed by atoms with Crippen molar-refractivity contribution in [1.29, 1.82) is 0 Å². The number of nitrogens with one attached hydrogen (secondary N) is 1. The second kappa shape index (κ2) is 7.73. The van der Waals surface area contributed by atoms with E-state index in [1.807, 2.05) is 43.3 Å². The van der Waals surface area contributed by atoms with Crippen LogP contribution in [0, 0.1) is 12.3 Å². The number of benzene rings is 1. The molecule has 0 saturated carbocycles. The van der Waals surface area contributed by atoms with Crippen molar-refractivity contribution in [2.24, 2.45) is 5.41 Å². The molecule has 0 bridgehead atoms. The number of anilines is 1. The third-order valence-electron chi connectivity index (χ3n) is 5.69. The van der Waals surface area contributed by atoms with Gasteiger partial charge in [-0.3, -0.25) is 14.6 Å². The molecule has 29 heavy (non-hydrogen) atoms. The van der Waals surface area contributed by atoms with Crippen LogP contribution >= 0.6 is 0 Å². The van der Waals surface area contributed by atoms with Gasteiger partial charge in [0.1, 0.15) is 5.75 Å². The number of hydrogen-bond donors (Lipinski definition) is 1. The first kappa shape index (κ1) is 19.2. The van der Waals surface area contributed by atoms with Gasteiger partial charge in [0.15, 0.2) is 0 Å². The Balaban J connectivity index is 1.59. The quantitative estimate of drug-likeness (QED) is 0.830. The minimum Gasteiger partial charge on any atom is -0.497 e. The smallest absolute Gasteiger partial charge is 0.239 e. The Bertz CT molecular complexity index is 924. The number of aromatic nitrogens is 1. The van der Waals surface area contributed by atoms with Crippen LogP contribution < -0.4 is 15.0 Å². The topological polar surface area (TPSA) is 74.8 Å². The van der Waals surface area contributed by atoms with Crippen molar-refractivity contribution in [2.45, 2.75) is 13.3 Å². The molecule has 2 aliphatic heterocycles. The van der Waals surface area contributed by atoms with Crippen molar-refractivity contribution in [2.75, 3.05) is 44.7 Å². The van der Waals surface area contributed by atoms with Gasteiger partial charge in [-0.25, -0.2) is 0 Å². The van der Waals surface area contributed by atoms with Crippen LogP contribution in [0.2, 0.25) is 0 Å². The average Bonchev–Trinajstić information content (AvgIpc) is 2.70. The molecule has 1 aromatic carbocycles. The Kier molecular flexibility index (Phi) is 5.13. The number of nitrogens with zero attached hydrogens (tertiary/aromatic N) is 3. The molecule has 4 rings (SSSR count). The van der Waals surface area contributed by atoms with Crippen LogP contribution in [0.5, 0.6) is 5.75 Å². The number of carbonyl (C=O) groups excluding carboxylic acids is 2. The third kappa shape index (κ3) is 3.90. The molecular formula is C22H26N4O3. The van der Waals surface area contributed by atoms with Crippen LogP contribution in [0.4, 0.5) is 5.69 Å². The van der Waals surface area contributed by atoms with E-state index in [-0.39, 0.29) is 18.4 Å². The van der Waals surface area contributed by atoms with Gasteiger partial charge in [-0.15, -0.1) is 0 Å². The zero-order valence-corrected chi connectivity index (χ0v) is 16.9. The molecule has 7 nitrogen and oxygen atoms in total. The molecule has 2 fully saturated rings. The van der Waals surface area contributed by atoms with Gasteiger partial charge in [-0.05, 0) is 43.2 Å². The summed E-state index contributed by atoms with van der Waals surface area (Å²) in [6.45, 7) is 4.39. The van der Waals surface area contributed by atoms with Gasteiger partial charge in [-0.2, -0.15) is 0 Å². The van der Waals surface area contributed by atoms with E-state index < -0.39 is 5.41 Å². The fourth-order valence-electron chi connectivity index (χ4n) is 4.24. The minimum absolute atomic E-state index is 0.0530. The maximum atomic E-state index is 13.5. The van der Waals surface area contributed by atoms with E-state index in [9.17, 15) is 9.59 Å². The van der Waals surface area contributed by atoms with E-state index in [1.165, 1.54) is 0 Å². The number of ether oxygens (including phenoxy) is 1. The van der Waals surface area contributed by atoms with Gasteiger partial charge >= 0.3 is 0 Å². The van der Waals surface area contributed by atoms with E-state index in [0.29, 0.717) is 32.6 Å². The molecule has 0 aliphatic carbocycles. The average molecular weight is 394 g/mol. The fourth-order valence-corrected chi connectivity index (χ4v) is 4.24. The molecular weight excluding hydrogens is 368 g/mol. The highest BCUT2D eigenvalue weighted by molar-refractivity contribution is 5.91.